The van der Waals surface area contributed by atoms with Crippen molar-refractivity contribution in [3.8, 4) is 0 Å². The predicted molar refractivity (Wildman–Crippen MR) is 128 cm³/mol. The lowest BCUT2D eigenvalue weighted by atomic mass is 10.0. The summed E-state index contributed by atoms with van der Waals surface area (Å²) < 4.78 is 0. The molecule has 2 aliphatic heterocycles. The van der Waals surface area contributed by atoms with Crippen LogP contribution < -0.4 is 10.2 Å². The molecule has 0 spiro atoms. The number of nitrogens with one attached hydrogen (secondary N) is 1. The number of hydrogen-bond donors (Lipinski definition) is 1. The van der Waals surface area contributed by atoms with Crippen molar-refractivity contribution in [3.63, 3.8) is 0 Å². The van der Waals surface area contributed by atoms with E-state index in [0.717, 1.165) is 37.3 Å². The van der Waals surface area contributed by atoms with Gasteiger partial charge >= 0.3 is 0 Å². The first kappa shape index (κ1) is 20.7. The molecule has 2 aliphatic rings. The molecule has 164 valence electrons. The number of nitrogens with zero attached hydrogens (tertiary/aromatic N) is 3. The first-order chi connectivity index (χ1) is 15.6. The number of benzene rings is 1. The Morgan fingerprint density at radius 1 is 1.09 bits per heavy atom. The molecule has 1 aromatic carbocycles. The summed E-state index contributed by atoms with van der Waals surface area (Å²) in [6.45, 7) is 5.27. The van der Waals surface area contributed by atoms with Gasteiger partial charge in [-0.15, -0.1) is 11.3 Å². The molecular weight excluding hydrogens is 420 g/mol. The normalized spacial score (nSPS) is 15.5. The molecule has 1 saturated heterocycles. The molecular formula is C25H26N4O2S. The molecule has 5 rings (SSSR count). The van der Waals surface area contributed by atoms with Gasteiger partial charge in [-0.25, -0.2) is 0 Å². The number of carbonyl (C=O) groups is 2. The van der Waals surface area contributed by atoms with Gasteiger partial charge < -0.3 is 15.1 Å². The lowest BCUT2D eigenvalue weighted by Gasteiger charge is -2.28. The van der Waals surface area contributed by atoms with Crippen molar-refractivity contribution in [2.75, 3.05) is 29.9 Å². The Hall–Kier alpha value is -3.19. The first-order valence-electron chi connectivity index (χ1n) is 11.1. The number of aromatic nitrogens is 1. The van der Waals surface area contributed by atoms with Crippen LogP contribution in [0.3, 0.4) is 0 Å². The Balaban J connectivity index is 1.33. The minimum atomic E-state index is -0.264. The van der Waals surface area contributed by atoms with Gasteiger partial charge in [0.25, 0.3) is 11.8 Å². The number of hydrogen-bond acceptors (Lipinski definition) is 5. The quantitative estimate of drug-likeness (QED) is 0.641. The standard InChI is InChI=1S/C25H26N4O2S/c1-17-20(25(31)29-13-8-23-18(16-29)9-14-32-23)5-4-6-21(17)27-24(30)22-15-19(7-10-26-22)28-11-2-3-12-28/h4-7,9-10,14-15H,2-3,8,11-13,16H2,1H3,(H,27,30). The van der Waals surface area contributed by atoms with E-state index in [1.54, 1.807) is 17.5 Å². The van der Waals surface area contributed by atoms with Gasteiger partial charge in [-0.2, -0.15) is 0 Å². The van der Waals surface area contributed by atoms with Gasteiger partial charge in [0.05, 0.1) is 0 Å². The molecule has 32 heavy (non-hydrogen) atoms. The molecule has 0 radical (unpaired) electrons. The predicted octanol–water partition coefficient (Wildman–Crippen LogP) is 4.50. The van der Waals surface area contributed by atoms with Gasteiger partial charge in [0, 0.05) is 54.2 Å². The maximum Gasteiger partial charge on any atom is 0.274 e. The first-order valence-corrected chi connectivity index (χ1v) is 11.9. The number of thiophene rings is 1. The second-order valence-electron chi connectivity index (χ2n) is 8.37. The molecule has 3 aromatic rings. The third kappa shape index (κ3) is 4.00. The van der Waals surface area contributed by atoms with Crippen LogP contribution >= 0.6 is 11.3 Å². The van der Waals surface area contributed by atoms with Crippen LogP contribution in [-0.4, -0.2) is 41.3 Å². The van der Waals surface area contributed by atoms with E-state index in [1.807, 2.05) is 42.2 Å². The Kier molecular flexibility index (Phi) is 5.66. The topological polar surface area (TPSA) is 65.5 Å². The largest absolute Gasteiger partial charge is 0.371 e. The summed E-state index contributed by atoms with van der Waals surface area (Å²) in [6.07, 6.45) is 4.93. The molecule has 7 heteroatoms. The summed E-state index contributed by atoms with van der Waals surface area (Å²) in [5.41, 5.74) is 4.69. The van der Waals surface area contributed by atoms with E-state index in [9.17, 15) is 9.59 Å². The van der Waals surface area contributed by atoms with Crippen LogP contribution in [0.4, 0.5) is 11.4 Å². The minimum Gasteiger partial charge on any atom is -0.371 e. The number of rotatable bonds is 4. The summed E-state index contributed by atoms with van der Waals surface area (Å²) in [4.78, 5) is 36.0. The second-order valence-corrected chi connectivity index (χ2v) is 9.37. The van der Waals surface area contributed by atoms with Crippen molar-refractivity contribution in [3.05, 3.63) is 75.2 Å². The molecule has 2 aromatic heterocycles. The fourth-order valence-electron chi connectivity index (χ4n) is 4.50. The highest BCUT2D eigenvalue weighted by atomic mass is 32.1. The minimum absolute atomic E-state index is 0.00426. The lowest BCUT2D eigenvalue weighted by Crippen LogP contribution is -2.35. The number of amides is 2. The van der Waals surface area contributed by atoms with Crippen LogP contribution in [0.15, 0.2) is 48.0 Å². The third-order valence-corrected chi connectivity index (χ3v) is 7.38. The Morgan fingerprint density at radius 2 is 1.94 bits per heavy atom. The van der Waals surface area contributed by atoms with Crippen molar-refractivity contribution < 1.29 is 9.59 Å². The summed E-state index contributed by atoms with van der Waals surface area (Å²) in [6, 6.07) is 11.4. The van der Waals surface area contributed by atoms with Crippen LogP contribution in [-0.2, 0) is 13.0 Å². The van der Waals surface area contributed by atoms with Crippen LogP contribution in [0, 0.1) is 6.92 Å². The summed E-state index contributed by atoms with van der Waals surface area (Å²) in [5.74, 6) is -0.260. The molecule has 6 nitrogen and oxygen atoms in total. The highest BCUT2D eigenvalue weighted by Gasteiger charge is 2.24. The summed E-state index contributed by atoms with van der Waals surface area (Å²) in [5, 5.41) is 5.06. The number of pyridine rings is 1. The van der Waals surface area contributed by atoms with E-state index in [4.69, 9.17) is 0 Å². The van der Waals surface area contributed by atoms with E-state index in [-0.39, 0.29) is 11.8 Å². The molecule has 0 aliphatic carbocycles. The molecule has 4 heterocycles. The van der Waals surface area contributed by atoms with Crippen molar-refractivity contribution in [2.24, 2.45) is 0 Å². The highest BCUT2D eigenvalue weighted by molar-refractivity contribution is 7.10. The summed E-state index contributed by atoms with van der Waals surface area (Å²) >= 11 is 1.76. The van der Waals surface area contributed by atoms with Gasteiger partial charge in [-0.3, -0.25) is 14.6 Å². The van der Waals surface area contributed by atoms with E-state index < -0.39 is 0 Å². The van der Waals surface area contributed by atoms with Crippen LogP contribution in [0.1, 0.15) is 49.7 Å². The molecule has 1 fully saturated rings. The number of anilines is 2. The monoisotopic (exact) mass is 446 g/mol. The van der Waals surface area contributed by atoms with Crippen molar-refractivity contribution in [2.45, 2.75) is 32.7 Å². The SMILES string of the molecule is Cc1c(NC(=O)c2cc(N3CCCC3)ccn2)cccc1C(=O)N1CCc2sccc2C1. The zero-order valence-electron chi connectivity index (χ0n) is 18.1. The smallest absolute Gasteiger partial charge is 0.274 e. The van der Waals surface area contributed by atoms with Crippen molar-refractivity contribution in [1.82, 2.24) is 9.88 Å². The van der Waals surface area contributed by atoms with Gasteiger partial charge in [0.2, 0.25) is 0 Å². The van der Waals surface area contributed by atoms with Crippen LogP contribution in [0.25, 0.3) is 0 Å². The highest BCUT2D eigenvalue weighted by Crippen LogP contribution is 2.27. The van der Waals surface area contributed by atoms with E-state index in [2.05, 4.69) is 26.6 Å². The molecule has 0 bridgehead atoms. The fraction of sp³-hybridized carbons (Fsp3) is 0.320. The van der Waals surface area contributed by atoms with Gasteiger partial charge in [0.15, 0.2) is 0 Å². The maximum atomic E-state index is 13.3. The van der Waals surface area contributed by atoms with E-state index >= 15 is 0 Å². The molecule has 0 atom stereocenters. The fourth-order valence-corrected chi connectivity index (χ4v) is 5.39. The third-order valence-electron chi connectivity index (χ3n) is 6.35. The van der Waals surface area contributed by atoms with Crippen molar-refractivity contribution >= 4 is 34.5 Å². The Morgan fingerprint density at radius 3 is 2.78 bits per heavy atom. The van der Waals surface area contributed by atoms with Crippen LogP contribution in [0.5, 0.6) is 0 Å². The molecule has 1 N–H and O–H groups in total. The van der Waals surface area contributed by atoms with Gasteiger partial charge in [-0.1, -0.05) is 6.07 Å². The average molecular weight is 447 g/mol. The van der Waals surface area contributed by atoms with Crippen LogP contribution in [0.2, 0.25) is 0 Å². The van der Waals surface area contributed by atoms with Gasteiger partial charge in [-0.05, 0) is 73.0 Å². The van der Waals surface area contributed by atoms with E-state index in [1.165, 1.54) is 23.3 Å². The Labute approximate surface area is 191 Å². The summed E-state index contributed by atoms with van der Waals surface area (Å²) in [7, 11) is 0. The number of fused-ring (bicyclic) bond motifs is 1. The zero-order chi connectivity index (χ0) is 22.1. The number of carbonyl (C=O) groups excluding carboxylic acids is 2. The molecule has 0 unspecified atom stereocenters. The zero-order valence-corrected chi connectivity index (χ0v) is 19.0. The molecule has 0 saturated carbocycles. The second kappa shape index (κ2) is 8.74. The maximum absolute atomic E-state index is 13.3. The van der Waals surface area contributed by atoms with Gasteiger partial charge in [0.1, 0.15) is 5.69 Å². The average Bonchev–Trinajstić information content (AvgIpc) is 3.52. The Bertz CT molecular complexity index is 1170. The van der Waals surface area contributed by atoms with Crippen molar-refractivity contribution in [1.29, 1.82) is 0 Å². The lowest BCUT2D eigenvalue weighted by molar-refractivity contribution is 0.0735. The molecule has 2 amide bonds. The van der Waals surface area contributed by atoms with E-state index in [0.29, 0.717) is 23.5 Å².